The van der Waals surface area contributed by atoms with Gasteiger partial charge in [0, 0.05) is 25.9 Å². The molecule has 0 aliphatic rings. The second-order valence-electron chi connectivity index (χ2n) is 4.63. The van der Waals surface area contributed by atoms with Crippen LogP contribution in [0.3, 0.4) is 0 Å². The van der Waals surface area contributed by atoms with Crippen LogP contribution in [0.5, 0.6) is 0 Å². The Hall–Kier alpha value is -1.28. The fourth-order valence-corrected chi connectivity index (χ4v) is 1.50. The number of ether oxygens (including phenoxy) is 1. The quantitative estimate of drug-likeness (QED) is 0.205. The Balaban J connectivity index is 0.00000400. The molecule has 1 aromatic rings. The smallest absolute Gasteiger partial charge is 0.189 e. The average Bonchev–Trinajstić information content (AvgIpc) is 2.44. The first kappa shape index (κ1) is 19.7. The molecule has 5 nitrogen and oxygen atoms in total. The first-order valence-corrected chi connectivity index (χ1v) is 6.61. The summed E-state index contributed by atoms with van der Waals surface area (Å²) in [5, 5.41) is 6.26. The second kappa shape index (κ2) is 11.4. The fraction of sp³-hybridized carbons (Fsp3) is 0.400. The molecule has 0 saturated heterocycles. The van der Waals surface area contributed by atoms with E-state index in [-0.39, 0.29) is 24.0 Å². The van der Waals surface area contributed by atoms with Gasteiger partial charge in [0.1, 0.15) is 0 Å². The zero-order valence-corrected chi connectivity index (χ0v) is 15.0. The van der Waals surface area contributed by atoms with Crippen molar-refractivity contribution in [2.45, 2.75) is 13.5 Å². The minimum atomic E-state index is 0. The average molecular weight is 404 g/mol. The van der Waals surface area contributed by atoms with Crippen molar-refractivity contribution in [3.63, 3.8) is 0 Å². The van der Waals surface area contributed by atoms with Crippen molar-refractivity contribution in [3.05, 3.63) is 42.0 Å². The fourth-order valence-electron chi connectivity index (χ4n) is 1.50. The number of anilines is 1. The van der Waals surface area contributed by atoms with Crippen LogP contribution in [0.4, 0.5) is 5.69 Å². The molecule has 0 radical (unpaired) electrons. The Morgan fingerprint density at radius 1 is 1.33 bits per heavy atom. The first-order valence-electron chi connectivity index (χ1n) is 6.61. The van der Waals surface area contributed by atoms with E-state index in [1.807, 2.05) is 31.2 Å². The maximum atomic E-state index is 5.75. The topological polar surface area (TPSA) is 71.7 Å². The highest BCUT2D eigenvalue weighted by atomic mass is 127. The Kier molecular flexibility index (Phi) is 10.7. The van der Waals surface area contributed by atoms with E-state index in [9.17, 15) is 0 Å². The Labute approximate surface area is 144 Å². The molecule has 0 atom stereocenters. The number of hydrogen-bond donors (Lipinski definition) is 3. The summed E-state index contributed by atoms with van der Waals surface area (Å²) in [7, 11) is 1.69. The maximum Gasteiger partial charge on any atom is 0.189 e. The highest BCUT2D eigenvalue weighted by Crippen LogP contribution is 2.09. The first-order chi connectivity index (χ1) is 9.61. The van der Waals surface area contributed by atoms with Crippen molar-refractivity contribution in [1.29, 1.82) is 0 Å². The normalized spacial score (nSPS) is 10.7. The summed E-state index contributed by atoms with van der Waals surface area (Å²) in [5.74, 6) is 0.440. The number of aliphatic imine (C=N–C) groups is 1. The number of rotatable bonds is 8. The lowest BCUT2D eigenvalue weighted by Crippen LogP contribution is -2.32. The molecule has 6 heteroatoms. The lowest BCUT2D eigenvalue weighted by atomic mass is 10.2. The van der Waals surface area contributed by atoms with Crippen LogP contribution in [0, 0.1) is 0 Å². The summed E-state index contributed by atoms with van der Waals surface area (Å²) in [5.41, 5.74) is 8.96. The number of nitrogens with zero attached hydrogens (tertiary/aromatic N) is 1. The zero-order chi connectivity index (χ0) is 14.8. The third-order valence-corrected chi connectivity index (χ3v) is 2.59. The third-order valence-electron chi connectivity index (χ3n) is 2.59. The van der Waals surface area contributed by atoms with Crippen molar-refractivity contribution < 1.29 is 4.74 Å². The maximum absolute atomic E-state index is 5.75. The molecule has 21 heavy (non-hydrogen) atoms. The van der Waals surface area contributed by atoms with Gasteiger partial charge >= 0.3 is 0 Å². The molecule has 0 amide bonds. The molecular formula is C15H25IN4O. The molecule has 0 aliphatic heterocycles. The van der Waals surface area contributed by atoms with Crippen LogP contribution in [0.1, 0.15) is 12.5 Å². The summed E-state index contributed by atoms with van der Waals surface area (Å²) in [6, 6.07) is 8.12. The van der Waals surface area contributed by atoms with E-state index in [0.29, 0.717) is 25.7 Å². The van der Waals surface area contributed by atoms with Gasteiger partial charge in [-0.2, -0.15) is 0 Å². The largest absolute Gasteiger partial charge is 0.383 e. The van der Waals surface area contributed by atoms with Gasteiger partial charge < -0.3 is 21.1 Å². The van der Waals surface area contributed by atoms with E-state index in [2.05, 4.69) is 22.2 Å². The van der Waals surface area contributed by atoms with Crippen LogP contribution in [0.2, 0.25) is 0 Å². The second-order valence-corrected chi connectivity index (χ2v) is 4.63. The van der Waals surface area contributed by atoms with Gasteiger partial charge in [0.15, 0.2) is 5.96 Å². The Bertz CT molecular complexity index is 445. The van der Waals surface area contributed by atoms with E-state index in [1.54, 1.807) is 7.11 Å². The highest BCUT2D eigenvalue weighted by molar-refractivity contribution is 14.0. The predicted octanol–water partition coefficient (Wildman–Crippen LogP) is 2.34. The van der Waals surface area contributed by atoms with Gasteiger partial charge in [-0.1, -0.05) is 24.3 Å². The lowest BCUT2D eigenvalue weighted by Gasteiger charge is -2.07. The van der Waals surface area contributed by atoms with Crippen LogP contribution in [0.15, 0.2) is 41.4 Å². The van der Waals surface area contributed by atoms with Gasteiger partial charge in [0.05, 0.1) is 13.2 Å². The Morgan fingerprint density at radius 2 is 2.00 bits per heavy atom. The number of guanidine groups is 1. The van der Waals surface area contributed by atoms with Crippen molar-refractivity contribution >= 4 is 35.6 Å². The molecule has 0 fully saturated rings. The van der Waals surface area contributed by atoms with E-state index in [4.69, 9.17) is 10.5 Å². The summed E-state index contributed by atoms with van der Waals surface area (Å²) in [4.78, 5) is 4.27. The minimum Gasteiger partial charge on any atom is -0.383 e. The van der Waals surface area contributed by atoms with Crippen LogP contribution in [0.25, 0.3) is 0 Å². The summed E-state index contributed by atoms with van der Waals surface area (Å²) in [6.45, 7) is 8.44. The van der Waals surface area contributed by atoms with E-state index >= 15 is 0 Å². The molecular weight excluding hydrogens is 379 g/mol. The van der Waals surface area contributed by atoms with E-state index in [1.165, 1.54) is 0 Å². The van der Waals surface area contributed by atoms with Gasteiger partial charge in [0.2, 0.25) is 0 Å². The van der Waals surface area contributed by atoms with Gasteiger partial charge in [0.25, 0.3) is 0 Å². The minimum absolute atomic E-state index is 0. The van der Waals surface area contributed by atoms with E-state index < -0.39 is 0 Å². The number of benzene rings is 1. The van der Waals surface area contributed by atoms with Gasteiger partial charge in [-0.05, 0) is 24.6 Å². The monoisotopic (exact) mass is 404 g/mol. The SMILES string of the molecule is C=C(C)CNC(N)=NCc1ccc(NCCOC)cc1.I. The number of halogens is 1. The van der Waals surface area contributed by atoms with Crippen LogP contribution >= 0.6 is 24.0 Å². The van der Waals surface area contributed by atoms with Crippen molar-refractivity contribution in [1.82, 2.24) is 5.32 Å². The molecule has 0 bridgehead atoms. The standard InChI is InChI=1S/C15H24N4O.HI/c1-12(2)10-18-15(16)19-11-13-4-6-14(7-5-13)17-8-9-20-3;/h4-7,17H,1,8-11H2,2-3H3,(H3,16,18,19);1H. The zero-order valence-electron chi connectivity index (χ0n) is 12.7. The number of nitrogens with two attached hydrogens (primary N) is 1. The molecule has 118 valence electrons. The van der Waals surface area contributed by atoms with Crippen LogP contribution in [-0.4, -0.2) is 32.8 Å². The summed E-state index contributed by atoms with van der Waals surface area (Å²) < 4.78 is 4.98. The van der Waals surface area contributed by atoms with Crippen molar-refractivity contribution in [2.75, 3.05) is 32.1 Å². The summed E-state index contributed by atoms with van der Waals surface area (Å²) in [6.07, 6.45) is 0. The lowest BCUT2D eigenvalue weighted by molar-refractivity contribution is 0.211. The molecule has 4 N–H and O–H groups in total. The molecule has 0 spiro atoms. The van der Waals surface area contributed by atoms with Gasteiger partial charge in [-0.15, -0.1) is 24.0 Å². The third kappa shape index (κ3) is 9.30. The predicted molar refractivity (Wildman–Crippen MR) is 100 cm³/mol. The van der Waals surface area contributed by atoms with Crippen LogP contribution < -0.4 is 16.4 Å². The molecule has 0 heterocycles. The molecule has 0 saturated carbocycles. The number of nitrogens with one attached hydrogen (secondary N) is 2. The molecule has 0 aliphatic carbocycles. The van der Waals surface area contributed by atoms with Gasteiger partial charge in [-0.25, -0.2) is 4.99 Å². The summed E-state index contributed by atoms with van der Waals surface area (Å²) >= 11 is 0. The van der Waals surface area contributed by atoms with Crippen molar-refractivity contribution in [3.8, 4) is 0 Å². The molecule has 0 aromatic heterocycles. The number of methoxy groups -OCH3 is 1. The Morgan fingerprint density at radius 3 is 2.57 bits per heavy atom. The molecule has 1 aromatic carbocycles. The number of hydrogen-bond acceptors (Lipinski definition) is 3. The van der Waals surface area contributed by atoms with Gasteiger partial charge in [-0.3, -0.25) is 0 Å². The van der Waals surface area contributed by atoms with Crippen LogP contribution in [-0.2, 0) is 11.3 Å². The molecule has 1 rings (SSSR count). The van der Waals surface area contributed by atoms with Crippen molar-refractivity contribution in [2.24, 2.45) is 10.7 Å². The highest BCUT2D eigenvalue weighted by Gasteiger charge is 1.95. The van der Waals surface area contributed by atoms with E-state index in [0.717, 1.165) is 23.4 Å². The molecule has 0 unspecified atom stereocenters.